The second-order valence-corrected chi connectivity index (χ2v) is 4.17. The van der Waals surface area contributed by atoms with Crippen molar-refractivity contribution in [1.82, 2.24) is 0 Å². The van der Waals surface area contributed by atoms with Crippen LogP contribution in [0.5, 0.6) is 0 Å². The molecular weight excluding hydrogens is 204 g/mol. The van der Waals surface area contributed by atoms with Crippen molar-refractivity contribution in [2.45, 2.75) is 13.0 Å². The molecule has 88 valence electrons. The number of benzene rings is 1. The summed E-state index contributed by atoms with van der Waals surface area (Å²) in [7, 11) is 0. The molecule has 0 spiro atoms. The number of aryl methyl sites for hydroxylation is 1. The van der Waals surface area contributed by atoms with Gasteiger partial charge in [-0.05, 0) is 24.6 Å². The lowest BCUT2D eigenvalue weighted by Gasteiger charge is -2.34. The molecule has 1 unspecified atom stereocenters. The number of hydrogen-bond acceptors (Lipinski definition) is 4. The van der Waals surface area contributed by atoms with E-state index < -0.39 is 0 Å². The molecule has 1 saturated heterocycles. The number of morpholine rings is 1. The minimum Gasteiger partial charge on any atom is -0.399 e. The molecule has 1 heterocycles. The van der Waals surface area contributed by atoms with Gasteiger partial charge in [-0.3, -0.25) is 0 Å². The van der Waals surface area contributed by atoms with Gasteiger partial charge < -0.3 is 20.5 Å². The van der Waals surface area contributed by atoms with Crippen molar-refractivity contribution in [1.29, 1.82) is 0 Å². The fourth-order valence-electron chi connectivity index (χ4n) is 2.02. The van der Waals surface area contributed by atoms with Crippen molar-refractivity contribution in [2.24, 2.45) is 0 Å². The van der Waals surface area contributed by atoms with Crippen molar-refractivity contribution >= 4 is 11.4 Å². The highest BCUT2D eigenvalue weighted by Gasteiger charge is 2.20. The monoisotopic (exact) mass is 222 g/mol. The molecule has 1 fully saturated rings. The summed E-state index contributed by atoms with van der Waals surface area (Å²) in [6.45, 7) is 4.36. The maximum absolute atomic E-state index is 9.10. The zero-order valence-corrected chi connectivity index (χ0v) is 9.52. The summed E-state index contributed by atoms with van der Waals surface area (Å²) in [5.74, 6) is 0. The molecule has 0 bridgehead atoms. The summed E-state index contributed by atoms with van der Waals surface area (Å²) in [6.07, 6.45) is -0.0884. The van der Waals surface area contributed by atoms with Gasteiger partial charge in [0.15, 0.2) is 0 Å². The molecule has 3 N–H and O–H groups in total. The number of anilines is 2. The molecule has 4 nitrogen and oxygen atoms in total. The molecule has 4 heteroatoms. The van der Waals surface area contributed by atoms with Crippen LogP contribution in [-0.2, 0) is 4.74 Å². The van der Waals surface area contributed by atoms with Gasteiger partial charge in [-0.25, -0.2) is 0 Å². The third-order valence-corrected chi connectivity index (χ3v) is 2.92. The fourth-order valence-corrected chi connectivity index (χ4v) is 2.02. The van der Waals surface area contributed by atoms with E-state index in [1.165, 1.54) is 5.56 Å². The van der Waals surface area contributed by atoms with Gasteiger partial charge in [0.1, 0.15) is 0 Å². The van der Waals surface area contributed by atoms with Gasteiger partial charge in [-0.2, -0.15) is 0 Å². The Morgan fingerprint density at radius 2 is 2.38 bits per heavy atom. The van der Waals surface area contributed by atoms with E-state index >= 15 is 0 Å². The van der Waals surface area contributed by atoms with Crippen molar-refractivity contribution in [2.75, 3.05) is 36.9 Å². The van der Waals surface area contributed by atoms with Crippen LogP contribution in [0.4, 0.5) is 11.4 Å². The summed E-state index contributed by atoms with van der Waals surface area (Å²) in [5.41, 5.74) is 8.91. The topological polar surface area (TPSA) is 58.7 Å². The smallest absolute Gasteiger partial charge is 0.0980 e. The first kappa shape index (κ1) is 11.2. The first-order valence-corrected chi connectivity index (χ1v) is 5.54. The molecule has 0 saturated carbocycles. The quantitative estimate of drug-likeness (QED) is 0.726. The van der Waals surface area contributed by atoms with Gasteiger partial charge in [0.25, 0.3) is 0 Å². The van der Waals surface area contributed by atoms with E-state index in [2.05, 4.69) is 11.8 Å². The standard InChI is InChI=1S/C12H18N2O2/c1-9-2-3-10(13)6-12(9)14-4-5-16-11(7-14)8-15/h2-3,6,11,15H,4-5,7-8,13H2,1H3. The van der Waals surface area contributed by atoms with Gasteiger partial charge in [-0.15, -0.1) is 0 Å². The predicted molar refractivity (Wildman–Crippen MR) is 64.6 cm³/mol. The zero-order chi connectivity index (χ0) is 11.5. The third kappa shape index (κ3) is 2.28. The summed E-state index contributed by atoms with van der Waals surface area (Å²) in [4.78, 5) is 2.22. The number of nitrogen functional groups attached to an aromatic ring is 1. The average Bonchev–Trinajstić information content (AvgIpc) is 2.32. The van der Waals surface area contributed by atoms with Gasteiger partial charge in [-0.1, -0.05) is 6.07 Å². The Bertz CT molecular complexity index is 368. The highest BCUT2D eigenvalue weighted by molar-refractivity contribution is 5.61. The van der Waals surface area contributed by atoms with Crippen molar-refractivity contribution in [3.8, 4) is 0 Å². The van der Waals surface area contributed by atoms with Crippen LogP contribution in [0.15, 0.2) is 18.2 Å². The molecule has 1 aromatic carbocycles. The highest BCUT2D eigenvalue weighted by atomic mass is 16.5. The Morgan fingerprint density at radius 3 is 3.12 bits per heavy atom. The number of hydrogen-bond donors (Lipinski definition) is 2. The number of ether oxygens (including phenoxy) is 1. The van der Waals surface area contributed by atoms with Crippen LogP contribution in [0.2, 0.25) is 0 Å². The van der Waals surface area contributed by atoms with Gasteiger partial charge in [0, 0.05) is 24.5 Å². The second kappa shape index (κ2) is 4.72. The van der Waals surface area contributed by atoms with E-state index in [9.17, 15) is 0 Å². The molecular formula is C12H18N2O2. The Kier molecular flexibility index (Phi) is 3.31. The van der Waals surface area contributed by atoms with Crippen LogP contribution < -0.4 is 10.6 Å². The minimum absolute atomic E-state index is 0.0673. The third-order valence-electron chi connectivity index (χ3n) is 2.92. The molecule has 1 atom stereocenters. The Balaban J connectivity index is 2.19. The van der Waals surface area contributed by atoms with E-state index in [0.29, 0.717) is 6.61 Å². The summed E-state index contributed by atoms with van der Waals surface area (Å²) >= 11 is 0. The Morgan fingerprint density at radius 1 is 1.56 bits per heavy atom. The van der Waals surface area contributed by atoms with E-state index in [1.807, 2.05) is 18.2 Å². The molecule has 1 aliphatic rings. The summed E-state index contributed by atoms with van der Waals surface area (Å²) in [5, 5.41) is 9.10. The highest BCUT2D eigenvalue weighted by Crippen LogP contribution is 2.24. The lowest BCUT2D eigenvalue weighted by atomic mass is 10.1. The van der Waals surface area contributed by atoms with Crippen LogP contribution in [0, 0.1) is 6.92 Å². The van der Waals surface area contributed by atoms with Crippen LogP contribution in [-0.4, -0.2) is 37.5 Å². The molecule has 1 aromatic rings. The van der Waals surface area contributed by atoms with E-state index in [4.69, 9.17) is 15.6 Å². The van der Waals surface area contributed by atoms with Crippen LogP contribution in [0.25, 0.3) is 0 Å². The van der Waals surface area contributed by atoms with Crippen molar-refractivity contribution < 1.29 is 9.84 Å². The molecule has 0 radical (unpaired) electrons. The number of nitrogens with two attached hydrogens (primary N) is 1. The SMILES string of the molecule is Cc1ccc(N)cc1N1CCOC(CO)C1. The number of nitrogens with zero attached hydrogens (tertiary/aromatic N) is 1. The molecule has 16 heavy (non-hydrogen) atoms. The summed E-state index contributed by atoms with van der Waals surface area (Å²) < 4.78 is 5.43. The van der Waals surface area contributed by atoms with E-state index in [1.54, 1.807) is 0 Å². The average molecular weight is 222 g/mol. The maximum atomic E-state index is 9.10. The second-order valence-electron chi connectivity index (χ2n) is 4.17. The molecule has 0 aromatic heterocycles. The van der Waals surface area contributed by atoms with E-state index in [-0.39, 0.29) is 12.7 Å². The number of rotatable bonds is 2. The van der Waals surface area contributed by atoms with E-state index in [0.717, 1.165) is 24.5 Å². The molecule has 1 aliphatic heterocycles. The molecule has 0 amide bonds. The lowest BCUT2D eigenvalue weighted by Crippen LogP contribution is -2.44. The van der Waals surface area contributed by atoms with Crippen LogP contribution >= 0.6 is 0 Å². The first-order valence-electron chi connectivity index (χ1n) is 5.54. The largest absolute Gasteiger partial charge is 0.399 e. The van der Waals surface area contributed by atoms with Crippen molar-refractivity contribution in [3.05, 3.63) is 23.8 Å². The maximum Gasteiger partial charge on any atom is 0.0980 e. The van der Waals surface area contributed by atoms with Crippen LogP contribution in [0.3, 0.4) is 0 Å². The fraction of sp³-hybridized carbons (Fsp3) is 0.500. The lowest BCUT2D eigenvalue weighted by molar-refractivity contribution is 0.00354. The van der Waals surface area contributed by atoms with Gasteiger partial charge in [0.05, 0.1) is 19.3 Å². The van der Waals surface area contributed by atoms with Crippen molar-refractivity contribution in [3.63, 3.8) is 0 Å². The summed E-state index contributed by atoms with van der Waals surface area (Å²) in [6, 6.07) is 5.91. The van der Waals surface area contributed by atoms with Gasteiger partial charge >= 0.3 is 0 Å². The molecule has 0 aliphatic carbocycles. The Labute approximate surface area is 95.6 Å². The zero-order valence-electron chi connectivity index (χ0n) is 9.52. The predicted octanol–water partition coefficient (Wildman–Crippen LogP) is 0.775. The van der Waals surface area contributed by atoms with Gasteiger partial charge in [0.2, 0.25) is 0 Å². The van der Waals surface area contributed by atoms with Crippen LogP contribution in [0.1, 0.15) is 5.56 Å². The number of aliphatic hydroxyl groups excluding tert-OH is 1. The number of aliphatic hydroxyl groups is 1. The first-order chi connectivity index (χ1) is 7.70. The minimum atomic E-state index is -0.0884. The normalized spacial score (nSPS) is 21.1. The molecule has 2 rings (SSSR count). The Hall–Kier alpha value is -1.26.